The molecule has 9 nitrogen and oxygen atoms in total. The van der Waals surface area contributed by atoms with Gasteiger partial charge in [-0.3, -0.25) is 0 Å². The first-order valence-corrected chi connectivity index (χ1v) is 13.4. The standard InChI is InChI=1S/C30H42O9/c1-5-8-9-10-22-38-29-24(16-18-28(33)34-4)15-17-25(35-19-11-12-20-36-26(31)6-2)30(29)39-23-14-13-21-37-27(32)7-3/h6-7,15-18H,2-3,5,8-14,19-23H2,1,4H3. The van der Waals surface area contributed by atoms with E-state index < -0.39 is 17.9 Å². The number of hydrogen-bond acceptors (Lipinski definition) is 9. The van der Waals surface area contributed by atoms with Gasteiger partial charge in [0.05, 0.1) is 40.1 Å². The highest BCUT2D eigenvalue weighted by molar-refractivity contribution is 5.88. The minimum atomic E-state index is -0.488. The minimum Gasteiger partial charge on any atom is -0.490 e. The maximum absolute atomic E-state index is 11.7. The van der Waals surface area contributed by atoms with Crippen LogP contribution in [0.15, 0.2) is 43.5 Å². The topological polar surface area (TPSA) is 107 Å². The van der Waals surface area contributed by atoms with Crippen molar-refractivity contribution >= 4 is 24.0 Å². The second-order valence-corrected chi connectivity index (χ2v) is 8.43. The Bertz CT molecular complexity index is 937. The second kappa shape index (κ2) is 21.2. The van der Waals surface area contributed by atoms with Crippen LogP contribution in [-0.2, 0) is 28.6 Å². The first-order valence-electron chi connectivity index (χ1n) is 13.4. The zero-order valence-electron chi connectivity index (χ0n) is 23.2. The first kappa shape index (κ1) is 33.3. The summed E-state index contributed by atoms with van der Waals surface area (Å²) in [5.74, 6) is -0.00871. The summed E-state index contributed by atoms with van der Waals surface area (Å²) in [6.07, 6.45) is 11.8. The molecule has 0 N–H and O–H groups in total. The Morgan fingerprint density at radius 1 is 0.692 bits per heavy atom. The zero-order valence-corrected chi connectivity index (χ0v) is 23.2. The minimum absolute atomic E-state index is 0.261. The van der Waals surface area contributed by atoms with E-state index in [1.165, 1.54) is 13.2 Å². The highest BCUT2D eigenvalue weighted by atomic mass is 16.5. The van der Waals surface area contributed by atoms with Gasteiger partial charge in [-0.1, -0.05) is 39.3 Å². The lowest BCUT2D eigenvalue weighted by Gasteiger charge is -2.19. The van der Waals surface area contributed by atoms with Gasteiger partial charge in [0, 0.05) is 23.8 Å². The Labute approximate surface area is 231 Å². The van der Waals surface area contributed by atoms with Crippen LogP contribution in [0.2, 0.25) is 0 Å². The summed E-state index contributed by atoms with van der Waals surface area (Å²) in [4.78, 5) is 34.1. The van der Waals surface area contributed by atoms with Crippen LogP contribution in [0.5, 0.6) is 17.2 Å². The molecular formula is C30H42O9. The molecule has 39 heavy (non-hydrogen) atoms. The van der Waals surface area contributed by atoms with E-state index in [-0.39, 0.29) is 13.2 Å². The van der Waals surface area contributed by atoms with Crippen LogP contribution < -0.4 is 14.2 Å². The Morgan fingerprint density at radius 3 is 1.79 bits per heavy atom. The number of esters is 3. The highest BCUT2D eigenvalue weighted by Gasteiger charge is 2.18. The average molecular weight is 547 g/mol. The predicted octanol–water partition coefficient (Wildman–Crippen LogP) is 5.61. The van der Waals surface area contributed by atoms with E-state index in [0.29, 0.717) is 68.3 Å². The van der Waals surface area contributed by atoms with Crippen LogP contribution in [0.1, 0.15) is 63.9 Å². The molecule has 1 aromatic carbocycles. The maximum atomic E-state index is 11.7. The number of carbonyl (C=O) groups is 3. The number of unbranched alkanes of at least 4 members (excludes halogenated alkanes) is 5. The van der Waals surface area contributed by atoms with Gasteiger partial charge in [0.25, 0.3) is 0 Å². The van der Waals surface area contributed by atoms with Crippen molar-refractivity contribution in [2.24, 2.45) is 0 Å². The van der Waals surface area contributed by atoms with Crippen molar-refractivity contribution in [3.05, 3.63) is 49.1 Å². The van der Waals surface area contributed by atoms with Crippen molar-refractivity contribution in [1.29, 1.82) is 0 Å². The van der Waals surface area contributed by atoms with E-state index in [1.807, 2.05) is 0 Å². The van der Waals surface area contributed by atoms with Gasteiger partial charge >= 0.3 is 17.9 Å². The molecule has 0 unspecified atom stereocenters. The molecule has 0 spiro atoms. The lowest BCUT2D eigenvalue weighted by atomic mass is 10.1. The molecule has 9 heteroatoms. The molecule has 216 valence electrons. The Morgan fingerprint density at radius 2 is 1.23 bits per heavy atom. The fraction of sp³-hybridized carbons (Fsp3) is 0.500. The van der Waals surface area contributed by atoms with Gasteiger partial charge in [-0.25, -0.2) is 14.4 Å². The molecule has 0 radical (unpaired) electrons. The average Bonchev–Trinajstić information content (AvgIpc) is 2.95. The van der Waals surface area contributed by atoms with Crippen LogP contribution in [0.25, 0.3) is 6.08 Å². The van der Waals surface area contributed by atoms with E-state index in [1.54, 1.807) is 18.2 Å². The van der Waals surface area contributed by atoms with Crippen LogP contribution in [-0.4, -0.2) is 58.1 Å². The third-order valence-electron chi connectivity index (χ3n) is 5.35. The molecule has 0 heterocycles. The van der Waals surface area contributed by atoms with Crippen LogP contribution in [0, 0.1) is 0 Å². The summed E-state index contributed by atoms with van der Waals surface area (Å²) in [5.41, 5.74) is 0.648. The molecule has 0 aliphatic rings. The van der Waals surface area contributed by atoms with E-state index in [4.69, 9.17) is 28.4 Å². The smallest absolute Gasteiger partial charge is 0.330 e. The third kappa shape index (κ3) is 14.7. The molecule has 0 amide bonds. The number of methoxy groups -OCH3 is 1. The second-order valence-electron chi connectivity index (χ2n) is 8.43. The van der Waals surface area contributed by atoms with Crippen molar-refractivity contribution in [3.8, 4) is 17.2 Å². The monoisotopic (exact) mass is 546 g/mol. The number of ether oxygens (including phenoxy) is 6. The van der Waals surface area contributed by atoms with E-state index in [0.717, 1.165) is 37.8 Å². The van der Waals surface area contributed by atoms with Gasteiger partial charge in [-0.15, -0.1) is 0 Å². The van der Waals surface area contributed by atoms with E-state index >= 15 is 0 Å². The van der Waals surface area contributed by atoms with Crippen molar-refractivity contribution < 1.29 is 42.8 Å². The van der Waals surface area contributed by atoms with Crippen molar-refractivity contribution in [2.75, 3.05) is 40.1 Å². The summed E-state index contributed by atoms with van der Waals surface area (Å²) in [5, 5.41) is 0. The maximum Gasteiger partial charge on any atom is 0.330 e. The Hall–Kier alpha value is -3.75. The van der Waals surface area contributed by atoms with Crippen LogP contribution in [0.3, 0.4) is 0 Å². The molecule has 1 rings (SSSR count). The normalized spacial score (nSPS) is 10.5. The molecule has 0 aliphatic heterocycles. The van der Waals surface area contributed by atoms with Gasteiger partial charge < -0.3 is 28.4 Å². The van der Waals surface area contributed by atoms with Crippen LogP contribution >= 0.6 is 0 Å². The molecule has 0 fully saturated rings. The number of benzene rings is 1. The lowest BCUT2D eigenvalue weighted by molar-refractivity contribution is -0.138. The molecule has 0 saturated heterocycles. The Balaban J connectivity index is 3.02. The van der Waals surface area contributed by atoms with E-state index in [2.05, 4.69) is 20.1 Å². The number of hydrogen-bond donors (Lipinski definition) is 0. The van der Waals surface area contributed by atoms with Gasteiger partial charge in [0.15, 0.2) is 11.5 Å². The number of carbonyl (C=O) groups excluding carboxylic acids is 3. The first-order chi connectivity index (χ1) is 19.0. The highest BCUT2D eigenvalue weighted by Crippen LogP contribution is 2.41. The largest absolute Gasteiger partial charge is 0.490 e. The SMILES string of the molecule is C=CC(=O)OCCCCOc1ccc(C=CC(=O)OC)c(OCCCCCC)c1OCCCCOC(=O)C=C. The third-order valence-corrected chi connectivity index (χ3v) is 5.35. The predicted molar refractivity (Wildman–Crippen MR) is 149 cm³/mol. The van der Waals surface area contributed by atoms with Gasteiger partial charge in [-0.2, -0.15) is 0 Å². The molecule has 0 aliphatic carbocycles. The summed E-state index contributed by atoms with van der Waals surface area (Å²) in [6, 6.07) is 3.56. The fourth-order valence-corrected chi connectivity index (χ4v) is 3.25. The molecule has 1 aromatic rings. The zero-order chi connectivity index (χ0) is 28.7. The van der Waals surface area contributed by atoms with Crippen molar-refractivity contribution in [1.82, 2.24) is 0 Å². The fourth-order valence-electron chi connectivity index (χ4n) is 3.25. The molecule has 0 aromatic heterocycles. The molecule has 0 atom stereocenters. The van der Waals surface area contributed by atoms with Gasteiger partial charge in [-0.05, 0) is 50.3 Å². The molecule has 0 saturated carbocycles. The summed E-state index contributed by atoms with van der Waals surface area (Å²) >= 11 is 0. The van der Waals surface area contributed by atoms with Crippen LogP contribution in [0.4, 0.5) is 0 Å². The lowest BCUT2D eigenvalue weighted by Crippen LogP contribution is -2.09. The summed E-state index contributed by atoms with van der Waals surface area (Å²) in [6.45, 7) is 10.6. The van der Waals surface area contributed by atoms with Gasteiger partial charge in [0.2, 0.25) is 5.75 Å². The summed E-state index contributed by atoms with van der Waals surface area (Å²) < 4.78 is 33.1. The summed E-state index contributed by atoms with van der Waals surface area (Å²) in [7, 11) is 1.31. The Kier molecular flexibility index (Phi) is 18.1. The van der Waals surface area contributed by atoms with E-state index in [9.17, 15) is 14.4 Å². The van der Waals surface area contributed by atoms with Crippen molar-refractivity contribution in [3.63, 3.8) is 0 Å². The molecular weight excluding hydrogens is 504 g/mol. The van der Waals surface area contributed by atoms with Crippen molar-refractivity contribution in [2.45, 2.75) is 58.3 Å². The molecule has 0 bridgehead atoms. The number of rotatable bonds is 22. The van der Waals surface area contributed by atoms with Gasteiger partial charge in [0.1, 0.15) is 0 Å². The quantitative estimate of drug-likeness (QED) is 0.0794.